The van der Waals surface area contributed by atoms with E-state index in [1.54, 1.807) is 24.3 Å². The number of rotatable bonds is 7. The van der Waals surface area contributed by atoms with Crippen LogP contribution in [0.1, 0.15) is 41.6 Å². The highest BCUT2D eigenvalue weighted by Gasteiger charge is 2.04. The molecule has 0 fully saturated rings. The van der Waals surface area contributed by atoms with Gasteiger partial charge in [0.05, 0.1) is 11.6 Å². The van der Waals surface area contributed by atoms with E-state index in [-0.39, 0.29) is 5.91 Å². The number of halogens is 1. The van der Waals surface area contributed by atoms with Gasteiger partial charge >= 0.3 is 0 Å². The van der Waals surface area contributed by atoms with Crippen molar-refractivity contribution < 1.29 is 4.79 Å². The molecule has 0 aliphatic heterocycles. The quantitative estimate of drug-likeness (QED) is 0.608. The third-order valence-corrected chi connectivity index (χ3v) is 2.87. The van der Waals surface area contributed by atoms with Gasteiger partial charge in [-0.1, -0.05) is 18.9 Å². The van der Waals surface area contributed by atoms with Crippen molar-refractivity contribution in [3.8, 4) is 6.07 Å². The number of nitrogens with one attached hydrogen (secondary N) is 1. The SMILES string of the molecule is N#Cc1cccc(C(=O)NCCCCCCCl)c1. The van der Waals surface area contributed by atoms with Gasteiger partial charge in [-0.25, -0.2) is 0 Å². The van der Waals surface area contributed by atoms with Crippen LogP contribution in [-0.4, -0.2) is 18.3 Å². The molecule has 1 aromatic rings. The molecule has 1 rings (SSSR count). The summed E-state index contributed by atoms with van der Waals surface area (Å²) in [6, 6.07) is 8.73. The fraction of sp³-hybridized carbons (Fsp3) is 0.429. The van der Waals surface area contributed by atoms with Crippen LogP contribution in [0.5, 0.6) is 0 Å². The number of nitriles is 1. The Balaban J connectivity index is 2.30. The molecule has 96 valence electrons. The van der Waals surface area contributed by atoms with Gasteiger partial charge in [0.25, 0.3) is 5.91 Å². The largest absolute Gasteiger partial charge is 0.352 e. The molecule has 1 amide bonds. The molecule has 1 aromatic carbocycles. The van der Waals surface area contributed by atoms with E-state index in [0.717, 1.165) is 25.7 Å². The Morgan fingerprint density at radius 2 is 2.06 bits per heavy atom. The minimum Gasteiger partial charge on any atom is -0.352 e. The van der Waals surface area contributed by atoms with Gasteiger partial charge in [0.15, 0.2) is 0 Å². The Morgan fingerprint density at radius 3 is 2.78 bits per heavy atom. The molecule has 0 bridgehead atoms. The molecule has 0 heterocycles. The van der Waals surface area contributed by atoms with Crippen LogP contribution >= 0.6 is 11.6 Å². The summed E-state index contributed by atoms with van der Waals surface area (Å²) in [6.45, 7) is 0.665. The van der Waals surface area contributed by atoms with Crippen LogP contribution in [0.2, 0.25) is 0 Å². The molecule has 0 radical (unpaired) electrons. The lowest BCUT2D eigenvalue weighted by molar-refractivity contribution is 0.0953. The summed E-state index contributed by atoms with van der Waals surface area (Å²) in [6.07, 6.45) is 4.16. The van der Waals surface area contributed by atoms with Crippen molar-refractivity contribution in [2.75, 3.05) is 12.4 Å². The van der Waals surface area contributed by atoms with E-state index >= 15 is 0 Å². The molecule has 0 aliphatic rings. The average molecular weight is 265 g/mol. The summed E-state index contributed by atoms with van der Waals surface area (Å²) < 4.78 is 0. The number of alkyl halides is 1. The number of hydrogen-bond donors (Lipinski definition) is 1. The van der Waals surface area contributed by atoms with Crippen LogP contribution in [0, 0.1) is 11.3 Å². The third-order valence-electron chi connectivity index (χ3n) is 2.60. The molecule has 0 spiro atoms. The highest BCUT2D eigenvalue weighted by atomic mass is 35.5. The second kappa shape index (κ2) is 8.54. The first-order valence-electron chi connectivity index (χ1n) is 6.12. The average Bonchev–Trinajstić information content (AvgIpc) is 2.42. The maximum atomic E-state index is 11.8. The molecule has 0 unspecified atom stereocenters. The van der Waals surface area contributed by atoms with E-state index in [0.29, 0.717) is 23.6 Å². The minimum absolute atomic E-state index is 0.121. The Hall–Kier alpha value is -1.53. The number of carbonyl (C=O) groups is 1. The lowest BCUT2D eigenvalue weighted by atomic mass is 10.1. The van der Waals surface area contributed by atoms with Crippen LogP contribution in [0.3, 0.4) is 0 Å². The number of amides is 1. The second-order valence-corrected chi connectivity index (χ2v) is 4.43. The van der Waals surface area contributed by atoms with Crippen molar-refractivity contribution in [3.05, 3.63) is 35.4 Å². The van der Waals surface area contributed by atoms with Crippen LogP contribution in [0.15, 0.2) is 24.3 Å². The number of unbranched alkanes of at least 4 members (excludes halogenated alkanes) is 3. The molecule has 0 atom stereocenters. The fourth-order valence-electron chi connectivity index (χ4n) is 1.61. The zero-order chi connectivity index (χ0) is 13.2. The number of hydrogen-bond acceptors (Lipinski definition) is 2. The van der Waals surface area contributed by atoms with Crippen LogP contribution < -0.4 is 5.32 Å². The van der Waals surface area contributed by atoms with Gasteiger partial charge < -0.3 is 5.32 Å². The highest BCUT2D eigenvalue weighted by Crippen LogP contribution is 2.04. The third kappa shape index (κ3) is 5.20. The summed E-state index contributed by atoms with van der Waals surface area (Å²) in [4.78, 5) is 11.8. The van der Waals surface area contributed by atoms with E-state index in [4.69, 9.17) is 16.9 Å². The van der Waals surface area contributed by atoms with Crippen molar-refractivity contribution in [2.45, 2.75) is 25.7 Å². The molecule has 1 N–H and O–H groups in total. The molecule has 0 saturated heterocycles. The zero-order valence-corrected chi connectivity index (χ0v) is 11.0. The summed E-state index contributed by atoms with van der Waals surface area (Å²) in [5, 5.41) is 11.6. The highest BCUT2D eigenvalue weighted by molar-refractivity contribution is 6.17. The van der Waals surface area contributed by atoms with E-state index in [1.165, 1.54) is 0 Å². The van der Waals surface area contributed by atoms with Crippen molar-refractivity contribution in [2.24, 2.45) is 0 Å². The molecule has 0 aromatic heterocycles. The van der Waals surface area contributed by atoms with Gasteiger partial charge in [0.1, 0.15) is 0 Å². The van der Waals surface area contributed by atoms with Crippen LogP contribution in [-0.2, 0) is 0 Å². The minimum atomic E-state index is -0.121. The lowest BCUT2D eigenvalue weighted by Gasteiger charge is -2.05. The predicted molar refractivity (Wildman–Crippen MR) is 72.7 cm³/mol. The maximum Gasteiger partial charge on any atom is 0.251 e. The van der Waals surface area contributed by atoms with Crippen molar-refractivity contribution in [3.63, 3.8) is 0 Å². The normalized spacial score (nSPS) is 9.78. The van der Waals surface area contributed by atoms with Gasteiger partial charge in [0, 0.05) is 18.0 Å². The summed E-state index contributed by atoms with van der Waals surface area (Å²) in [5.74, 6) is 0.581. The first-order chi connectivity index (χ1) is 8.77. The topological polar surface area (TPSA) is 52.9 Å². The summed E-state index contributed by atoms with van der Waals surface area (Å²) in [7, 11) is 0. The van der Waals surface area contributed by atoms with Gasteiger partial charge in [-0.2, -0.15) is 5.26 Å². The fourth-order valence-corrected chi connectivity index (χ4v) is 1.80. The molecule has 3 nitrogen and oxygen atoms in total. The van der Waals surface area contributed by atoms with Crippen LogP contribution in [0.4, 0.5) is 0 Å². The molecule has 18 heavy (non-hydrogen) atoms. The second-order valence-electron chi connectivity index (χ2n) is 4.05. The van der Waals surface area contributed by atoms with Gasteiger partial charge in [-0.3, -0.25) is 4.79 Å². The van der Waals surface area contributed by atoms with Crippen molar-refractivity contribution in [1.29, 1.82) is 5.26 Å². The predicted octanol–water partition coefficient (Wildman–Crippen LogP) is 3.09. The summed E-state index contributed by atoms with van der Waals surface area (Å²) >= 11 is 5.58. The number of benzene rings is 1. The number of nitrogens with zero attached hydrogens (tertiary/aromatic N) is 1. The Morgan fingerprint density at radius 1 is 1.28 bits per heavy atom. The maximum absolute atomic E-state index is 11.8. The molecular weight excluding hydrogens is 248 g/mol. The first-order valence-corrected chi connectivity index (χ1v) is 6.65. The Bertz CT molecular complexity index is 426. The molecule has 0 aliphatic carbocycles. The van der Waals surface area contributed by atoms with E-state index < -0.39 is 0 Å². The van der Waals surface area contributed by atoms with Gasteiger partial charge in [0.2, 0.25) is 0 Å². The Labute approximate surface area is 113 Å². The summed E-state index contributed by atoms with van der Waals surface area (Å²) in [5.41, 5.74) is 1.04. The van der Waals surface area contributed by atoms with E-state index in [1.807, 2.05) is 6.07 Å². The zero-order valence-electron chi connectivity index (χ0n) is 10.3. The Kier molecular flexibility index (Phi) is 6.90. The lowest BCUT2D eigenvalue weighted by Crippen LogP contribution is -2.24. The van der Waals surface area contributed by atoms with Crippen molar-refractivity contribution in [1.82, 2.24) is 5.32 Å². The number of carbonyl (C=O) groups excluding carboxylic acids is 1. The van der Waals surface area contributed by atoms with E-state index in [9.17, 15) is 4.79 Å². The van der Waals surface area contributed by atoms with E-state index in [2.05, 4.69) is 5.32 Å². The van der Waals surface area contributed by atoms with Crippen LogP contribution in [0.25, 0.3) is 0 Å². The van der Waals surface area contributed by atoms with Gasteiger partial charge in [-0.05, 0) is 31.0 Å². The molecule has 4 heteroatoms. The van der Waals surface area contributed by atoms with Gasteiger partial charge in [-0.15, -0.1) is 11.6 Å². The van der Waals surface area contributed by atoms with Crippen molar-refractivity contribution >= 4 is 17.5 Å². The first kappa shape index (κ1) is 14.5. The molecular formula is C14H17ClN2O. The standard InChI is InChI=1S/C14H17ClN2O/c15-8-3-1-2-4-9-17-14(18)13-7-5-6-12(10-13)11-16/h5-7,10H,1-4,8-9H2,(H,17,18). The molecule has 0 saturated carbocycles. The monoisotopic (exact) mass is 264 g/mol. The smallest absolute Gasteiger partial charge is 0.251 e.